The second-order valence-electron chi connectivity index (χ2n) is 6.38. The summed E-state index contributed by atoms with van der Waals surface area (Å²) in [5.41, 5.74) is 0. The maximum Gasteiger partial charge on any atom is 0.409 e. The van der Waals surface area contributed by atoms with Crippen molar-refractivity contribution < 1.29 is 18.7 Å². The van der Waals surface area contributed by atoms with Crippen LogP contribution in [0.3, 0.4) is 0 Å². The highest BCUT2D eigenvalue weighted by Gasteiger charge is 2.32. The number of hydrogen-bond donors (Lipinski definition) is 1. The van der Waals surface area contributed by atoms with Crippen molar-refractivity contribution in [2.24, 2.45) is 0 Å². The van der Waals surface area contributed by atoms with Gasteiger partial charge in [-0.3, -0.25) is 10.2 Å². The molecule has 0 spiro atoms. The summed E-state index contributed by atoms with van der Waals surface area (Å²) in [6, 6.07) is 0.366. The van der Waals surface area contributed by atoms with Crippen LogP contribution in [0.5, 0.6) is 0 Å². The number of nitrogens with zero attached hydrogens (tertiary/aromatic N) is 2. The molecule has 126 valence electrons. The predicted molar refractivity (Wildman–Crippen MR) is 79.4 cm³/mol. The van der Waals surface area contributed by atoms with E-state index in [0.717, 1.165) is 58.7 Å². The van der Waals surface area contributed by atoms with Gasteiger partial charge in [0.1, 0.15) is 6.61 Å². The summed E-state index contributed by atoms with van der Waals surface area (Å²) in [5, 5.41) is 2.84. The van der Waals surface area contributed by atoms with Crippen LogP contribution in [0.1, 0.15) is 25.7 Å². The topological polar surface area (TPSA) is 54.0 Å². The van der Waals surface area contributed by atoms with E-state index in [9.17, 15) is 9.18 Å². The average molecular weight is 315 g/mol. The second kappa shape index (κ2) is 7.57. The molecule has 3 aliphatic heterocycles. The number of hydrogen-bond acceptors (Lipinski definition) is 5. The zero-order chi connectivity index (χ0) is 15.4. The Labute approximate surface area is 130 Å². The van der Waals surface area contributed by atoms with Crippen LogP contribution in [-0.4, -0.2) is 80.3 Å². The van der Waals surface area contributed by atoms with Crippen LogP contribution in [0.25, 0.3) is 0 Å². The summed E-state index contributed by atoms with van der Waals surface area (Å²) < 4.78 is 24.0. The predicted octanol–water partition coefficient (Wildman–Crippen LogP) is 0.967. The molecule has 0 aliphatic carbocycles. The van der Waals surface area contributed by atoms with E-state index < -0.39 is 6.30 Å². The Morgan fingerprint density at radius 1 is 1.23 bits per heavy atom. The Morgan fingerprint density at radius 3 is 2.82 bits per heavy atom. The summed E-state index contributed by atoms with van der Waals surface area (Å²) >= 11 is 0. The van der Waals surface area contributed by atoms with Crippen LogP contribution in [0.4, 0.5) is 9.18 Å². The van der Waals surface area contributed by atoms with E-state index in [1.54, 1.807) is 4.90 Å². The lowest BCUT2D eigenvalue weighted by atomic mass is 10.1. The Balaban J connectivity index is 1.39. The molecule has 3 atom stereocenters. The molecule has 3 fully saturated rings. The fourth-order valence-corrected chi connectivity index (χ4v) is 3.51. The Morgan fingerprint density at radius 2 is 2.05 bits per heavy atom. The first-order valence-electron chi connectivity index (χ1n) is 8.36. The molecule has 1 N–H and O–H groups in total. The molecule has 0 aromatic heterocycles. The lowest BCUT2D eigenvalue weighted by Crippen LogP contribution is -2.46. The van der Waals surface area contributed by atoms with Crippen LogP contribution in [-0.2, 0) is 9.47 Å². The molecule has 0 aromatic rings. The number of carbonyl (C=O) groups is 1. The summed E-state index contributed by atoms with van der Waals surface area (Å²) in [5.74, 6) is 0. The number of ether oxygens (including phenoxy) is 2. The minimum atomic E-state index is -0.963. The summed E-state index contributed by atoms with van der Waals surface area (Å²) in [4.78, 5) is 16.3. The first-order valence-corrected chi connectivity index (χ1v) is 8.36. The number of morpholine rings is 1. The van der Waals surface area contributed by atoms with Gasteiger partial charge in [0.2, 0.25) is 0 Å². The highest BCUT2D eigenvalue weighted by molar-refractivity contribution is 5.68. The first-order chi connectivity index (χ1) is 10.7. The van der Waals surface area contributed by atoms with Gasteiger partial charge in [-0.25, -0.2) is 9.18 Å². The highest BCUT2D eigenvalue weighted by atomic mass is 19.1. The molecule has 0 bridgehead atoms. The summed E-state index contributed by atoms with van der Waals surface area (Å²) in [6.45, 7) is 5.16. The zero-order valence-corrected chi connectivity index (χ0v) is 13.0. The molecule has 0 saturated carbocycles. The normalized spacial score (nSPS) is 33.9. The van der Waals surface area contributed by atoms with Gasteiger partial charge in [-0.15, -0.1) is 0 Å². The van der Waals surface area contributed by atoms with E-state index in [1.165, 1.54) is 0 Å². The number of piperidine rings is 1. The van der Waals surface area contributed by atoms with Gasteiger partial charge in [-0.1, -0.05) is 0 Å². The van der Waals surface area contributed by atoms with Crippen LogP contribution in [0.2, 0.25) is 0 Å². The van der Waals surface area contributed by atoms with E-state index in [4.69, 9.17) is 9.47 Å². The molecular formula is C15H26FN3O3. The van der Waals surface area contributed by atoms with Gasteiger partial charge in [-0.2, -0.15) is 0 Å². The molecule has 1 unspecified atom stereocenters. The molecular weight excluding hydrogens is 289 g/mol. The molecule has 3 heterocycles. The number of halogens is 1. The molecule has 3 rings (SSSR count). The van der Waals surface area contributed by atoms with Crippen LogP contribution in [0.15, 0.2) is 0 Å². The van der Waals surface area contributed by atoms with Crippen molar-refractivity contribution in [3.63, 3.8) is 0 Å². The molecule has 0 aromatic carbocycles. The molecule has 3 saturated heterocycles. The number of carbonyl (C=O) groups excluding carboxylic acids is 1. The van der Waals surface area contributed by atoms with E-state index in [-0.39, 0.29) is 18.7 Å². The van der Waals surface area contributed by atoms with Crippen LogP contribution in [0, 0.1) is 0 Å². The van der Waals surface area contributed by atoms with Crippen molar-refractivity contribution in [3.05, 3.63) is 0 Å². The van der Waals surface area contributed by atoms with Crippen LogP contribution >= 0.6 is 0 Å². The maximum atomic E-state index is 13.2. The van der Waals surface area contributed by atoms with Crippen molar-refractivity contribution >= 4 is 6.09 Å². The fraction of sp³-hybridized carbons (Fsp3) is 0.933. The molecule has 22 heavy (non-hydrogen) atoms. The molecule has 0 radical (unpaired) electrons. The van der Waals surface area contributed by atoms with Crippen molar-refractivity contribution in [2.75, 3.05) is 46.0 Å². The lowest BCUT2D eigenvalue weighted by Gasteiger charge is -2.32. The van der Waals surface area contributed by atoms with Crippen LogP contribution < -0.4 is 5.32 Å². The quantitative estimate of drug-likeness (QED) is 0.787. The van der Waals surface area contributed by atoms with Gasteiger partial charge in [-0.05, 0) is 25.7 Å². The Kier molecular flexibility index (Phi) is 5.49. The minimum Gasteiger partial charge on any atom is -0.448 e. The standard InChI is InChI=1S/C15H26FN3O3/c16-14-3-1-2-12(17-14)11-22-15(20)19-5-4-13(10-19)18-6-8-21-9-7-18/h12-14,17H,1-11H2/t12-,13?,14+/m1/s1. The van der Waals surface area contributed by atoms with Gasteiger partial charge in [0.15, 0.2) is 6.30 Å². The highest BCUT2D eigenvalue weighted by Crippen LogP contribution is 2.18. The molecule has 1 amide bonds. The molecule has 3 aliphatic rings. The second-order valence-corrected chi connectivity index (χ2v) is 6.38. The maximum absolute atomic E-state index is 13.2. The third kappa shape index (κ3) is 4.08. The number of amides is 1. The molecule has 6 nitrogen and oxygen atoms in total. The van der Waals surface area contributed by atoms with Crippen molar-refractivity contribution in [2.45, 2.75) is 44.1 Å². The fourth-order valence-electron chi connectivity index (χ4n) is 3.51. The van der Waals surface area contributed by atoms with E-state index in [2.05, 4.69) is 10.2 Å². The lowest BCUT2D eigenvalue weighted by molar-refractivity contribution is 0.0179. The van der Waals surface area contributed by atoms with Crippen molar-refractivity contribution in [1.82, 2.24) is 15.1 Å². The Bertz CT molecular complexity index is 379. The third-order valence-corrected chi connectivity index (χ3v) is 4.82. The smallest absolute Gasteiger partial charge is 0.409 e. The van der Waals surface area contributed by atoms with Gasteiger partial charge in [0, 0.05) is 38.3 Å². The first kappa shape index (κ1) is 16.0. The number of likely N-dealkylation sites (tertiary alicyclic amines) is 1. The van der Waals surface area contributed by atoms with E-state index in [1.807, 2.05) is 0 Å². The number of alkyl halides is 1. The zero-order valence-electron chi connectivity index (χ0n) is 13.0. The van der Waals surface area contributed by atoms with Crippen molar-refractivity contribution in [3.8, 4) is 0 Å². The Hall–Kier alpha value is -0.920. The monoisotopic (exact) mass is 315 g/mol. The van der Waals surface area contributed by atoms with Gasteiger partial charge in [0.25, 0.3) is 0 Å². The SMILES string of the molecule is O=C(OC[C@H]1CCC[C@@H](F)N1)N1CCC(N2CCOCC2)C1. The average Bonchev–Trinajstić information content (AvgIpc) is 3.04. The summed E-state index contributed by atoms with van der Waals surface area (Å²) in [7, 11) is 0. The van der Waals surface area contributed by atoms with Crippen molar-refractivity contribution in [1.29, 1.82) is 0 Å². The van der Waals surface area contributed by atoms with Gasteiger partial charge >= 0.3 is 6.09 Å². The number of rotatable bonds is 3. The van der Waals surface area contributed by atoms with Gasteiger partial charge in [0.05, 0.1) is 13.2 Å². The minimum absolute atomic E-state index is 0.0506. The number of nitrogens with one attached hydrogen (secondary N) is 1. The third-order valence-electron chi connectivity index (χ3n) is 4.82. The van der Waals surface area contributed by atoms with E-state index >= 15 is 0 Å². The largest absolute Gasteiger partial charge is 0.448 e. The summed E-state index contributed by atoms with van der Waals surface area (Å²) in [6.07, 6.45) is 2.03. The van der Waals surface area contributed by atoms with E-state index in [0.29, 0.717) is 12.5 Å². The molecule has 7 heteroatoms. The van der Waals surface area contributed by atoms with Gasteiger partial charge < -0.3 is 14.4 Å².